The molecule has 0 aliphatic rings. The molecule has 1 unspecified atom stereocenters. The van der Waals surface area contributed by atoms with Crippen molar-refractivity contribution < 1.29 is 15.0 Å². The van der Waals surface area contributed by atoms with Gasteiger partial charge in [-0.15, -0.1) is 0 Å². The molecule has 1 amide bonds. The predicted octanol–water partition coefficient (Wildman–Crippen LogP) is 2.56. The average molecular weight is 433 g/mol. The molecule has 10 heteroatoms. The van der Waals surface area contributed by atoms with Gasteiger partial charge in [-0.25, -0.2) is 19.7 Å². The number of nitrogens with two attached hydrogens (primary N) is 1. The van der Waals surface area contributed by atoms with E-state index < -0.39 is 12.1 Å². The molecule has 4 aromatic rings. The number of carbonyl (C=O) groups is 1. The Morgan fingerprint density at radius 3 is 2.66 bits per heavy atom. The maximum atomic E-state index is 11.8. The molecular formula is C22H23N7O3. The highest BCUT2D eigenvalue weighted by molar-refractivity contribution is 6.01. The smallest absolute Gasteiger partial charge is 0.407 e. The van der Waals surface area contributed by atoms with Crippen molar-refractivity contribution in [2.75, 3.05) is 24.2 Å². The van der Waals surface area contributed by atoms with E-state index >= 15 is 0 Å². The van der Waals surface area contributed by atoms with Gasteiger partial charge in [0, 0.05) is 42.9 Å². The lowest BCUT2D eigenvalue weighted by Gasteiger charge is -2.26. The lowest BCUT2D eigenvalue weighted by molar-refractivity contribution is 0.134. The number of carboxylic acid groups (broad SMARTS) is 1. The Labute approximate surface area is 183 Å². The summed E-state index contributed by atoms with van der Waals surface area (Å²) in [7, 11) is 0. The Bertz CT molecular complexity index is 1210. The van der Waals surface area contributed by atoms with Crippen LogP contribution in [0.1, 0.15) is 5.56 Å². The van der Waals surface area contributed by atoms with Crippen LogP contribution in [0.2, 0.25) is 0 Å². The summed E-state index contributed by atoms with van der Waals surface area (Å²) in [5.41, 5.74) is 9.30. The molecule has 1 atom stereocenters. The molecule has 3 heterocycles. The number of pyridine rings is 1. The van der Waals surface area contributed by atoms with Crippen LogP contribution in [-0.4, -0.2) is 60.3 Å². The van der Waals surface area contributed by atoms with E-state index in [1.54, 1.807) is 30.7 Å². The Kier molecular flexibility index (Phi) is 6.13. The minimum Gasteiger partial charge on any atom is -0.465 e. The predicted molar refractivity (Wildman–Crippen MR) is 121 cm³/mol. The van der Waals surface area contributed by atoms with Crippen molar-refractivity contribution in [3.8, 4) is 11.3 Å². The number of benzene rings is 1. The monoisotopic (exact) mass is 433 g/mol. The molecule has 0 saturated carbocycles. The highest BCUT2D eigenvalue weighted by Crippen LogP contribution is 2.32. The number of nitrogens with zero attached hydrogens (tertiary/aromatic N) is 4. The number of anilines is 2. The van der Waals surface area contributed by atoms with Gasteiger partial charge in [0.1, 0.15) is 5.65 Å². The van der Waals surface area contributed by atoms with Crippen LogP contribution >= 0.6 is 0 Å². The van der Waals surface area contributed by atoms with Crippen molar-refractivity contribution in [2.45, 2.75) is 12.6 Å². The second-order valence-corrected chi connectivity index (χ2v) is 7.26. The van der Waals surface area contributed by atoms with Crippen LogP contribution < -0.4 is 11.1 Å². The first-order chi connectivity index (χ1) is 15.5. The number of hydrogen-bond donors (Lipinski definition) is 5. The van der Waals surface area contributed by atoms with Gasteiger partial charge in [0.2, 0.25) is 5.95 Å². The third kappa shape index (κ3) is 4.60. The first-order valence-corrected chi connectivity index (χ1v) is 9.99. The van der Waals surface area contributed by atoms with Crippen LogP contribution in [0.5, 0.6) is 0 Å². The molecule has 32 heavy (non-hydrogen) atoms. The van der Waals surface area contributed by atoms with Gasteiger partial charge < -0.3 is 31.1 Å². The van der Waals surface area contributed by atoms with E-state index in [9.17, 15) is 15.0 Å². The SMILES string of the molecule is Nc1nccc(-c2c[nH]c3nccc(NC(CO)CN(Cc4ccccc4)C(=O)O)c23)n1. The van der Waals surface area contributed by atoms with Crippen molar-refractivity contribution in [1.82, 2.24) is 24.8 Å². The maximum Gasteiger partial charge on any atom is 0.407 e. The fourth-order valence-corrected chi connectivity index (χ4v) is 3.55. The molecule has 0 aliphatic carbocycles. The molecule has 10 nitrogen and oxygen atoms in total. The molecule has 0 bridgehead atoms. The fraction of sp³-hybridized carbons (Fsp3) is 0.182. The van der Waals surface area contributed by atoms with E-state index in [-0.39, 0.29) is 25.6 Å². The van der Waals surface area contributed by atoms with Crippen molar-refractivity contribution in [2.24, 2.45) is 0 Å². The normalized spacial score (nSPS) is 11.9. The maximum absolute atomic E-state index is 11.8. The molecule has 4 rings (SSSR count). The van der Waals surface area contributed by atoms with Crippen LogP contribution in [0.25, 0.3) is 22.3 Å². The van der Waals surface area contributed by atoms with E-state index in [1.165, 1.54) is 4.90 Å². The first kappa shape index (κ1) is 21.1. The number of H-pyrrole nitrogens is 1. The Morgan fingerprint density at radius 2 is 1.94 bits per heavy atom. The zero-order valence-electron chi connectivity index (χ0n) is 17.1. The lowest BCUT2D eigenvalue weighted by Crippen LogP contribution is -2.41. The average Bonchev–Trinajstić information content (AvgIpc) is 3.24. The van der Waals surface area contributed by atoms with Gasteiger partial charge in [-0.05, 0) is 17.7 Å². The minimum atomic E-state index is -1.06. The number of nitrogens with one attached hydrogen (secondary N) is 2. The standard InChI is InChI=1S/C22H23N7O3/c23-21-25-9-6-17(28-21)16-10-26-20-19(16)18(7-8-24-20)27-15(13-30)12-29(22(31)32)11-14-4-2-1-3-5-14/h1-10,15,30H,11-13H2,(H,31,32)(H2,23,25,28)(H2,24,26,27). The number of amides is 1. The van der Waals surface area contributed by atoms with Crippen LogP contribution in [0.15, 0.2) is 61.1 Å². The molecule has 3 aromatic heterocycles. The zero-order valence-corrected chi connectivity index (χ0v) is 17.1. The van der Waals surface area contributed by atoms with E-state index in [0.29, 0.717) is 17.0 Å². The highest BCUT2D eigenvalue weighted by Gasteiger charge is 2.20. The topological polar surface area (TPSA) is 153 Å². The van der Waals surface area contributed by atoms with Gasteiger partial charge in [0.25, 0.3) is 0 Å². The number of rotatable bonds is 8. The first-order valence-electron chi connectivity index (χ1n) is 9.99. The highest BCUT2D eigenvalue weighted by atomic mass is 16.4. The Morgan fingerprint density at radius 1 is 1.16 bits per heavy atom. The van der Waals surface area contributed by atoms with Crippen LogP contribution in [0.3, 0.4) is 0 Å². The molecule has 164 valence electrons. The quantitative estimate of drug-likeness (QED) is 0.284. The zero-order chi connectivity index (χ0) is 22.5. The number of aromatic nitrogens is 4. The Balaban J connectivity index is 1.61. The van der Waals surface area contributed by atoms with Crippen molar-refractivity contribution in [1.29, 1.82) is 0 Å². The summed E-state index contributed by atoms with van der Waals surface area (Å²) in [5.74, 6) is 0.154. The Hall–Kier alpha value is -4.18. The van der Waals surface area contributed by atoms with Gasteiger partial charge >= 0.3 is 6.09 Å². The minimum absolute atomic E-state index is 0.0881. The number of fused-ring (bicyclic) bond motifs is 1. The summed E-state index contributed by atoms with van der Waals surface area (Å²) in [6, 6.07) is 12.3. The third-order valence-electron chi connectivity index (χ3n) is 5.03. The molecule has 6 N–H and O–H groups in total. The second kappa shape index (κ2) is 9.31. The third-order valence-corrected chi connectivity index (χ3v) is 5.03. The fourth-order valence-electron chi connectivity index (χ4n) is 3.55. The number of nitrogen functional groups attached to an aromatic ring is 1. The van der Waals surface area contributed by atoms with Gasteiger partial charge in [-0.3, -0.25) is 0 Å². The van der Waals surface area contributed by atoms with E-state index in [2.05, 4.69) is 25.3 Å². The van der Waals surface area contributed by atoms with E-state index in [0.717, 1.165) is 16.5 Å². The van der Waals surface area contributed by atoms with Gasteiger partial charge in [-0.1, -0.05) is 30.3 Å². The van der Waals surface area contributed by atoms with Gasteiger partial charge in [0.05, 0.1) is 23.7 Å². The van der Waals surface area contributed by atoms with Crippen LogP contribution in [0.4, 0.5) is 16.4 Å². The van der Waals surface area contributed by atoms with Crippen molar-refractivity contribution >= 4 is 28.8 Å². The number of aliphatic hydroxyl groups excluding tert-OH is 1. The molecule has 0 aliphatic heterocycles. The molecular weight excluding hydrogens is 410 g/mol. The lowest BCUT2D eigenvalue weighted by atomic mass is 10.1. The molecule has 0 radical (unpaired) electrons. The molecule has 1 aromatic carbocycles. The number of aromatic amines is 1. The van der Waals surface area contributed by atoms with Gasteiger partial charge in [0.15, 0.2) is 0 Å². The number of hydrogen-bond acceptors (Lipinski definition) is 7. The van der Waals surface area contributed by atoms with Crippen molar-refractivity contribution in [3.63, 3.8) is 0 Å². The van der Waals surface area contributed by atoms with Gasteiger partial charge in [-0.2, -0.15) is 0 Å². The molecule has 0 fully saturated rings. The second-order valence-electron chi connectivity index (χ2n) is 7.26. The number of aliphatic hydroxyl groups is 1. The van der Waals surface area contributed by atoms with E-state index in [1.807, 2.05) is 30.3 Å². The summed E-state index contributed by atoms with van der Waals surface area (Å²) >= 11 is 0. The summed E-state index contributed by atoms with van der Waals surface area (Å²) in [4.78, 5) is 28.8. The largest absolute Gasteiger partial charge is 0.465 e. The molecule has 0 spiro atoms. The summed E-state index contributed by atoms with van der Waals surface area (Å²) < 4.78 is 0. The van der Waals surface area contributed by atoms with Crippen LogP contribution in [-0.2, 0) is 6.54 Å². The summed E-state index contributed by atoms with van der Waals surface area (Å²) in [5, 5.41) is 23.7. The summed E-state index contributed by atoms with van der Waals surface area (Å²) in [6.07, 6.45) is 3.92. The molecule has 0 saturated heterocycles. The van der Waals surface area contributed by atoms with Crippen molar-refractivity contribution in [3.05, 3.63) is 66.6 Å². The van der Waals surface area contributed by atoms with E-state index in [4.69, 9.17) is 5.73 Å². The summed E-state index contributed by atoms with van der Waals surface area (Å²) in [6.45, 7) is 0.0447. The van der Waals surface area contributed by atoms with Crippen LogP contribution in [0, 0.1) is 0 Å².